The van der Waals surface area contributed by atoms with Gasteiger partial charge in [-0.1, -0.05) is 17.4 Å². The second-order valence-corrected chi connectivity index (χ2v) is 10.5. The van der Waals surface area contributed by atoms with Gasteiger partial charge in [0.05, 0.1) is 22.0 Å². The van der Waals surface area contributed by atoms with E-state index in [1.807, 2.05) is 44.1 Å². The first-order valence-electron chi connectivity index (χ1n) is 10.2. The summed E-state index contributed by atoms with van der Waals surface area (Å²) < 4.78 is 44.9. The summed E-state index contributed by atoms with van der Waals surface area (Å²) in [5, 5.41) is 0.498. The summed E-state index contributed by atoms with van der Waals surface area (Å²) in [4.78, 5) is 21.2. The fraction of sp³-hybridized carbons (Fsp3) is 0.364. The lowest BCUT2D eigenvalue weighted by molar-refractivity contribution is -0.118. The van der Waals surface area contributed by atoms with E-state index in [1.54, 1.807) is 0 Å². The molecule has 0 aliphatic heterocycles. The predicted octanol–water partition coefficient (Wildman–Crippen LogP) is 4.01. The molecule has 0 N–H and O–H groups in total. The van der Waals surface area contributed by atoms with Gasteiger partial charge in [-0.05, 0) is 57.4 Å². The number of amides is 1. The SMILES string of the molecule is CCOc1cccc2sc(N(CCN(C)C)C(=O)CCS(=O)(=O)c3ccc(F)cc3)nc12.Cl. The molecular formula is C22H27ClFN3O4S2. The lowest BCUT2D eigenvalue weighted by Crippen LogP contribution is -2.37. The number of aromatic nitrogens is 1. The molecule has 1 amide bonds. The molecule has 33 heavy (non-hydrogen) atoms. The maximum atomic E-state index is 13.1. The minimum atomic E-state index is -3.72. The van der Waals surface area contributed by atoms with Crippen LogP contribution in [0, 0.1) is 5.82 Å². The topological polar surface area (TPSA) is 79.8 Å². The standard InChI is InChI=1S/C22H26FN3O4S2.ClH/c1-4-30-18-6-5-7-19-21(18)24-22(31-19)26(14-13-25(2)3)20(27)12-15-32(28,29)17-10-8-16(23)9-11-17;/h5-11H,4,12-15H2,1-3H3;1H. The highest BCUT2D eigenvalue weighted by atomic mass is 35.5. The number of likely N-dealkylation sites (N-methyl/N-ethyl adjacent to an activating group) is 1. The zero-order valence-electron chi connectivity index (χ0n) is 18.7. The zero-order valence-corrected chi connectivity index (χ0v) is 21.1. The smallest absolute Gasteiger partial charge is 0.229 e. The molecule has 0 radical (unpaired) electrons. The summed E-state index contributed by atoms with van der Waals surface area (Å²) >= 11 is 1.36. The van der Waals surface area contributed by atoms with Crippen molar-refractivity contribution in [1.82, 2.24) is 9.88 Å². The van der Waals surface area contributed by atoms with Crippen molar-refractivity contribution in [3.05, 3.63) is 48.3 Å². The molecule has 0 atom stereocenters. The molecule has 180 valence electrons. The number of rotatable bonds is 10. The molecule has 2 aromatic carbocycles. The molecule has 1 aromatic heterocycles. The van der Waals surface area contributed by atoms with Gasteiger partial charge in [0.25, 0.3) is 0 Å². The van der Waals surface area contributed by atoms with E-state index in [0.29, 0.717) is 36.1 Å². The lowest BCUT2D eigenvalue weighted by Gasteiger charge is -2.22. The highest BCUT2D eigenvalue weighted by Gasteiger charge is 2.24. The average Bonchev–Trinajstić information content (AvgIpc) is 3.18. The Labute approximate surface area is 203 Å². The van der Waals surface area contributed by atoms with E-state index in [1.165, 1.54) is 28.4 Å². The third-order valence-electron chi connectivity index (χ3n) is 4.73. The summed E-state index contributed by atoms with van der Waals surface area (Å²) in [7, 11) is 0.0727. The van der Waals surface area contributed by atoms with E-state index in [-0.39, 0.29) is 35.4 Å². The molecule has 0 aliphatic carbocycles. The van der Waals surface area contributed by atoms with Gasteiger partial charge in [-0.15, -0.1) is 12.4 Å². The summed E-state index contributed by atoms with van der Waals surface area (Å²) in [6.45, 7) is 3.34. The molecule has 7 nitrogen and oxygen atoms in total. The Kier molecular flexibility index (Phi) is 9.59. The molecule has 0 fully saturated rings. The highest BCUT2D eigenvalue weighted by Crippen LogP contribution is 2.34. The minimum absolute atomic E-state index is 0. The Morgan fingerprint density at radius 2 is 1.82 bits per heavy atom. The van der Waals surface area contributed by atoms with Crippen LogP contribution < -0.4 is 9.64 Å². The summed E-state index contributed by atoms with van der Waals surface area (Å²) in [6.07, 6.45) is -0.207. The maximum Gasteiger partial charge on any atom is 0.229 e. The third kappa shape index (κ3) is 6.86. The number of hydrogen-bond acceptors (Lipinski definition) is 7. The molecular weight excluding hydrogens is 489 g/mol. The number of sulfone groups is 1. The molecule has 0 unspecified atom stereocenters. The Balaban J connectivity index is 0.00000385. The lowest BCUT2D eigenvalue weighted by atomic mass is 10.3. The Morgan fingerprint density at radius 1 is 1.12 bits per heavy atom. The van der Waals surface area contributed by atoms with Gasteiger partial charge in [0.1, 0.15) is 17.1 Å². The third-order valence-corrected chi connectivity index (χ3v) is 7.51. The number of anilines is 1. The van der Waals surface area contributed by atoms with E-state index in [0.717, 1.165) is 16.8 Å². The minimum Gasteiger partial charge on any atom is -0.492 e. The average molecular weight is 516 g/mol. The monoisotopic (exact) mass is 515 g/mol. The van der Waals surface area contributed by atoms with Crippen LogP contribution in [0.4, 0.5) is 9.52 Å². The van der Waals surface area contributed by atoms with E-state index in [9.17, 15) is 17.6 Å². The summed E-state index contributed by atoms with van der Waals surface area (Å²) in [5.74, 6) is -0.580. The Hall–Kier alpha value is -2.27. The normalized spacial score (nSPS) is 11.4. The van der Waals surface area contributed by atoms with Gasteiger partial charge in [0, 0.05) is 19.5 Å². The van der Waals surface area contributed by atoms with Crippen molar-refractivity contribution in [1.29, 1.82) is 0 Å². The molecule has 0 spiro atoms. The van der Waals surface area contributed by atoms with Crippen LogP contribution >= 0.6 is 23.7 Å². The van der Waals surface area contributed by atoms with Crippen LogP contribution in [-0.2, 0) is 14.6 Å². The van der Waals surface area contributed by atoms with Crippen LogP contribution in [0.15, 0.2) is 47.4 Å². The van der Waals surface area contributed by atoms with Gasteiger partial charge >= 0.3 is 0 Å². The van der Waals surface area contributed by atoms with Gasteiger partial charge in [0.15, 0.2) is 15.0 Å². The van der Waals surface area contributed by atoms with E-state index in [4.69, 9.17) is 4.74 Å². The van der Waals surface area contributed by atoms with E-state index >= 15 is 0 Å². The van der Waals surface area contributed by atoms with E-state index in [2.05, 4.69) is 4.98 Å². The van der Waals surface area contributed by atoms with Crippen LogP contribution in [0.1, 0.15) is 13.3 Å². The molecule has 0 bridgehead atoms. The van der Waals surface area contributed by atoms with Crippen molar-refractivity contribution in [2.75, 3.05) is 44.4 Å². The molecule has 3 aromatic rings. The van der Waals surface area contributed by atoms with Crippen LogP contribution in [0.3, 0.4) is 0 Å². The number of ether oxygens (including phenoxy) is 1. The van der Waals surface area contributed by atoms with Crippen molar-refractivity contribution >= 4 is 54.8 Å². The molecule has 0 aliphatic rings. The van der Waals surface area contributed by atoms with Gasteiger partial charge in [-0.3, -0.25) is 9.69 Å². The van der Waals surface area contributed by atoms with Crippen LogP contribution in [-0.4, -0.2) is 63.8 Å². The van der Waals surface area contributed by atoms with E-state index < -0.39 is 15.7 Å². The van der Waals surface area contributed by atoms with Crippen molar-refractivity contribution in [3.8, 4) is 5.75 Å². The fourth-order valence-corrected chi connectivity index (χ4v) is 5.30. The summed E-state index contributed by atoms with van der Waals surface area (Å²) in [5.41, 5.74) is 0.677. The predicted molar refractivity (Wildman–Crippen MR) is 132 cm³/mol. The Morgan fingerprint density at radius 3 is 2.45 bits per heavy atom. The maximum absolute atomic E-state index is 13.1. The van der Waals surface area contributed by atoms with Crippen molar-refractivity contribution in [3.63, 3.8) is 0 Å². The quantitative estimate of drug-likeness (QED) is 0.379. The zero-order chi connectivity index (χ0) is 23.3. The molecule has 0 saturated carbocycles. The van der Waals surface area contributed by atoms with Crippen LogP contribution in [0.5, 0.6) is 5.75 Å². The summed E-state index contributed by atoms with van der Waals surface area (Å²) in [6, 6.07) is 10.2. The number of carbonyl (C=O) groups excluding carboxylic acids is 1. The number of benzene rings is 2. The van der Waals surface area contributed by atoms with Crippen molar-refractivity contribution < 1.29 is 22.3 Å². The van der Waals surface area contributed by atoms with Crippen molar-refractivity contribution in [2.45, 2.75) is 18.2 Å². The second kappa shape index (κ2) is 11.7. The number of halogens is 2. The van der Waals surface area contributed by atoms with Crippen molar-refractivity contribution in [2.24, 2.45) is 0 Å². The number of carbonyl (C=O) groups is 1. The highest BCUT2D eigenvalue weighted by molar-refractivity contribution is 7.91. The fourth-order valence-electron chi connectivity index (χ4n) is 3.04. The second-order valence-electron chi connectivity index (χ2n) is 7.40. The van der Waals surface area contributed by atoms with Gasteiger partial charge in [0.2, 0.25) is 5.91 Å². The first-order chi connectivity index (χ1) is 15.2. The molecule has 1 heterocycles. The van der Waals surface area contributed by atoms with Crippen LogP contribution in [0.2, 0.25) is 0 Å². The first kappa shape index (κ1) is 27.0. The van der Waals surface area contributed by atoms with Gasteiger partial charge < -0.3 is 9.64 Å². The number of fused-ring (bicyclic) bond motifs is 1. The number of thiazole rings is 1. The molecule has 11 heteroatoms. The van der Waals surface area contributed by atoms with Crippen LogP contribution in [0.25, 0.3) is 10.2 Å². The molecule has 3 rings (SSSR count). The Bertz CT molecular complexity index is 1180. The number of nitrogens with zero attached hydrogens (tertiary/aromatic N) is 3. The van der Waals surface area contributed by atoms with Gasteiger partial charge in [-0.25, -0.2) is 17.8 Å². The first-order valence-corrected chi connectivity index (χ1v) is 12.6. The largest absolute Gasteiger partial charge is 0.492 e. The molecule has 0 saturated heterocycles. The number of hydrogen-bond donors (Lipinski definition) is 0. The number of para-hydroxylation sites is 1. The van der Waals surface area contributed by atoms with Gasteiger partial charge in [-0.2, -0.15) is 0 Å².